The van der Waals surface area contributed by atoms with E-state index in [1.165, 1.54) is 7.11 Å². The number of nitrogens with zero attached hydrogens (tertiary/aromatic N) is 4. The quantitative estimate of drug-likeness (QED) is 0.719. The van der Waals surface area contributed by atoms with Crippen LogP contribution in [0.3, 0.4) is 0 Å². The minimum atomic E-state index is -0.153. The third kappa shape index (κ3) is 3.03. The van der Waals surface area contributed by atoms with Gasteiger partial charge in [0.15, 0.2) is 0 Å². The van der Waals surface area contributed by atoms with Crippen molar-refractivity contribution in [2.24, 2.45) is 0 Å². The zero-order valence-electron chi connectivity index (χ0n) is 14.3. The number of hydrogen-bond donors (Lipinski definition) is 0. The van der Waals surface area contributed by atoms with Crippen LogP contribution < -0.4 is 9.47 Å². The molecule has 0 N–H and O–H groups in total. The molecule has 3 heterocycles. The Balaban J connectivity index is 1.50. The van der Waals surface area contributed by atoms with Crippen LogP contribution >= 0.6 is 0 Å². The highest BCUT2D eigenvalue weighted by molar-refractivity contribution is 6.05. The number of hydrogen-bond acceptors (Lipinski definition) is 6. The monoisotopic (exact) mass is 350 g/mol. The minimum Gasteiger partial charge on any atom is -0.477 e. The van der Waals surface area contributed by atoms with E-state index >= 15 is 0 Å². The first kappa shape index (κ1) is 16.3. The topological polar surface area (TPSA) is 77.4 Å². The van der Waals surface area contributed by atoms with Crippen molar-refractivity contribution in [1.29, 1.82) is 0 Å². The number of benzene rings is 1. The Morgan fingerprint density at radius 3 is 2.73 bits per heavy atom. The Bertz CT molecular complexity index is 941. The van der Waals surface area contributed by atoms with E-state index in [-0.39, 0.29) is 12.0 Å². The molecular formula is C19H18N4O3. The van der Waals surface area contributed by atoms with Gasteiger partial charge in [-0.25, -0.2) is 9.97 Å². The summed E-state index contributed by atoms with van der Waals surface area (Å²) in [5.74, 6) is 0.601. The molecule has 1 amide bonds. The van der Waals surface area contributed by atoms with Crippen molar-refractivity contribution in [3.05, 3.63) is 54.6 Å². The van der Waals surface area contributed by atoms with Crippen LogP contribution in [0.1, 0.15) is 16.9 Å². The maximum atomic E-state index is 12.9. The second-order valence-corrected chi connectivity index (χ2v) is 6.03. The van der Waals surface area contributed by atoms with Gasteiger partial charge >= 0.3 is 0 Å². The van der Waals surface area contributed by atoms with E-state index in [0.717, 1.165) is 17.2 Å². The Morgan fingerprint density at radius 2 is 1.88 bits per heavy atom. The van der Waals surface area contributed by atoms with E-state index in [4.69, 9.17) is 9.47 Å². The van der Waals surface area contributed by atoms with Crippen LogP contribution in [0.2, 0.25) is 0 Å². The predicted molar refractivity (Wildman–Crippen MR) is 95.3 cm³/mol. The van der Waals surface area contributed by atoms with E-state index in [1.807, 2.05) is 30.3 Å². The van der Waals surface area contributed by atoms with Crippen LogP contribution in [-0.4, -0.2) is 52.1 Å². The summed E-state index contributed by atoms with van der Waals surface area (Å²) in [7, 11) is 1.52. The molecule has 0 bridgehead atoms. The number of carbonyl (C=O) groups excluding carboxylic acids is 1. The van der Waals surface area contributed by atoms with Gasteiger partial charge < -0.3 is 14.4 Å². The van der Waals surface area contributed by atoms with E-state index in [2.05, 4.69) is 15.0 Å². The van der Waals surface area contributed by atoms with Crippen LogP contribution in [0.25, 0.3) is 10.8 Å². The summed E-state index contributed by atoms with van der Waals surface area (Å²) in [5.41, 5.74) is 0.473. The highest BCUT2D eigenvalue weighted by Gasteiger charge is 2.30. The number of fused-ring (bicyclic) bond motifs is 1. The van der Waals surface area contributed by atoms with E-state index in [9.17, 15) is 4.79 Å². The van der Waals surface area contributed by atoms with Crippen molar-refractivity contribution in [1.82, 2.24) is 19.9 Å². The summed E-state index contributed by atoms with van der Waals surface area (Å²) in [5, 5.41) is 1.86. The largest absolute Gasteiger partial charge is 0.477 e. The molecule has 1 unspecified atom stereocenters. The van der Waals surface area contributed by atoms with Crippen LogP contribution in [0.15, 0.2) is 48.9 Å². The second kappa shape index (κ2) is 6.95. The van der Waals surface area contributed by atoms with Gasteiger partial charge in [-0.1, -0.05) is 24.3 Å². The first-order valence-corrected chi connectivity index (χ1v) is 8.41. The van der Waals surface area contributed by atoms with Gasteiger partial charge in [-0.3, -0.25) is 9.78 Å². The van der Waals surface area contributed by atoms with Gasteiger partial charge in [0.2, 0.25) is 0 Å². The molecule has 0 radical (unpaired) electrons. The first-order chi connectivity index (χ1) is 12.8. The van der Waals surface area contributed by atoms with Gasteiger partial charge in [-0.05, 0) is 11.5 Å². The zero-order chi connectivity index (χ0) is 17.9. The molecule has 1 atom stereocenters. The molecule has 4 rings (SSSR count). The number of pyridine rings is 1. The number of carbonyl (C=O) groups is 1. The first-order valence-electron chi connectivity index (χ1n) is 8.41. The Kier molecular flexibility index (Phi) is 4.35. The lowest BCUT2D eigenvalue weighted by Crippen LogP contribution is -2.31. The van der Waals surface area contributed by atoms with Crippen molar-refractivity contribution < 1.29 is 14.3 Å². The average molecular weight is 350 g/mol. The third-order valence-corrected chi connectivity index (χ3v) is 4.41. The molecule has 0 spiro atoms. The minimum absolute atomic E-state index is 0.0842. The number of ether oxygens (including phenoxy) is 2. The van der Waals surface area contributed by atoms with Crippen molar-refractivity contribution in [3.8, 4) is 11.8 Å². The SMILES string of the molecule is COc1nccnc1OC1CCN(C(=O)c2nccc3ccccc23)C1. The van der Waals surface area contributed by atoms with Crippen LogP contribution in [0, 0.1) is 0 Å². The standard InChI is InChI=1S/C19H18N4O3/c1-25-17-18(22-10-9-21-17)26-14-7-11-23(12-14)19(24)16-15-5-3-2-4-13(15)6-8-20-16/h2-6,8-10,14H,7,11-12H2,1H3. The fraction of sp³-hybridized carbons (Fsp3) is 0.263. The second-order valence-electron chi connectivity index (χ2n) is 6.03. The lowest BCUT2D eigenvalue weighted by Gasteiger charge is -2.17. The Labute approximate surface area is 150 Å². The molecule has 7 heteroatoms. The molecule has 26 heavy (non-hydrogen) atoms. The number of aromatic nitrogens is 3. The molecule has 0 saturated carbocycles. The lowest BCUT2D eigenvalue weighted by atomic mass is 10.1. The third-order valence-electron chi connectivity index (χ3n) is 4.41. The van der Waals surface area contributed by atoms with Gasteiger partial charge in [0.05, 0.1) is 13.7 Å². The number of rotatable bonds is 4. The smallest absolute Gasteiger partial charge is 0.278 e. The number of amides is 1. The van der Waals surface area contributed by atoms with Crippen LogP contribution in [0.5, 0.6) is 11.8 Å². The summed E-state index contributed by atoms with van der Waals surface area (Å²) < 4.78 is 11.0. The van der Waals surface area contributed by atoms with Gasteiger partial charge in [0, 0.05) is 36.9 Å². The van der Waals surface area contributed by atoms with E-state index < -0.39 is 0 Å². The fourth-order valence-corrected chi connectivity index (χ4v) is 3.14. The molecule has 132 valence electrons. The molecule has 1 saturated heterocycles. The summed E-state index contributed by atoms with van der Waals surface area (Å²) >= 11 is 0. The number of methoxy groups -OCH3 is 1. The van der Waals surface area contributed by atoms with Crippen molar-refractivity contribution in [2.75, 3.05) is 20.2 Å². The highest BCUT2D eigenvalue weighted by Crippen LogP contribution is 2.25. The lowest BCUT2D eigenvalue weighted by molar-refractivity contribution is 0.0766. The maximum absolute atomic E-state index is 12.9. The molecule has 1 fully saturated rings. The zero-order valence-corrected chi connectivity index (χ0v) is 14.3. The van der Waals surface area contributed by atoms with Crippen LogP contribution in [0.4, 0.5) is 0 Å². The summed E-state index contributed by atoms with van der Waals surface area (Å²) in [4.78, 5) is 27.2. The van der Waals surface area contributed by atoms with Gasteiger partial charge in [-0.2, -0.15) is 0 Å². The maximum Gasteiger partial charge on any atom is 0.278 e. The van der Waals surface area contributed by atoms with Gasteiger partial charge in [-0.15, -0.1) is 0 Å². The molecule has 1 aliphatic heterocycles. The Hall–Kier alpha value is -3.22. The van der Waals surface area contributed by atoms with Gasteiger partial charge in [0.25, 0.3) is 17.7 Å². The molecule has 0 aliphatic carbocycles. The fourth-order valence-electron chi connectivity index (χ4n) is 3.14. The van der Waals surface area contributed by atoms with E-state index in [0.29, 0.717) is 30.5 Å². The van der Waals surface area contributed by atoms with Gasteiger partial charge in [0.1, 0.15) is 11.8 Å². The molecule has 1 aromatic carbocycles. The summed E-state index contributed by atoms with van der Waals surface area (Å²) in [6.45, 7) is 1.08. The Morgan fingerprint density at radius 1 is 1.08 bits per heavy atom. The molecule has 7 nitrogen and oxygen atoms in total. The van der Waals surface area contributed by atoms with Crippen molar-refractivity contribution in [2.45, 2.75) is 12.5 Å². The number of likely N-dealkylation sites (tertiary alicyclic amines) is 1. The summed E-state index contributed by atoms with van der Waals surface area (Å²) in [6.07, 6.45) is 5.33. The average Bonchev–Trinajstić information content (AvgIpc) is 3.16. The highest BCUT2D eigenvalue weighted by atomic mass is 16.5. The predicted octanol–water partition coefficient (Wildman–Crippen LogP) is 2.33. The normalized spacial score (nSPS) is 16.7. The summed E-state index contributed by atoms with van der Waals surface area (Å²) in [6, 6.07) is 9.66. The van der Waals surface area contributed by atoms with Crippen molar-refractivity contribution >= 4 is 16.7 Å². The van der Waals surface area contributed by atoms with Crippen molar-refractivity contribution in [3.63, 3.8) is 0 Å². The van der Waals surface area contributed by atoms with E-state index in [1.54, 1.807) is 23.5 Å². The molecule has 1 aliphatic rings. The van der Waals surface area contributed by atoms with Crippen LogP contribution in [-0.2, 0) is 0 Å². The molecule has 3 aromatic rings. The molecular weight excluding hydrogens is 332 g/mol. The molecule has 2 aromatic heterocycles.